The first-order chi connectivity index (χ1) is 7.68. The van der Waals surface area contributed by atoms with E-state index in [1.54, 1.807) is 15.9 Å². The predicted molar refractivity (Wildman–Crippen MR) is 66.0 cm³/mol. The summed E-state index contributed by atoms with van der Waals surface area (Å²) < 4.78 is 1.76. The third kappa shape index (κ3) is 2.22. The SMILES string of the molecule is Cc1ncsc1CCn1cccc(C)c1=O. The summed E-state index contributed by atoms with van der Waals surface area (Å²) >= 11 is 1.65. The zero-order chi connectivity index (χ0) is 11.5. The molecule has 0 aliphatic rings. The molecule has 84 valence electrons. The zero-order valence-corrected chi connectivity index (χ0v) is 10.3. The zero-order valence-electron chi connectivity index (χ0n) is 9.43. The van der Waals surface area contributed by atoms with Crippen molar-refractivity contribution >= 4 is 11.3 Å². The summed E-state index contributed by atoms with van der Waals surface area (Å²) in [5, 5.41) is 0. The average Bonchev–Trinajstić information content (AvgIpc) is 2.67. The third-order valence-corrected chi connectivity index (χ3v) is 3.63. The molecule has 0 saturated heterocycles. The van der Waals surface area contributed by atoms with Crippen LogP contribution in [0.3, 0.4) is 0 Å². The number of nitrogens with zero attached hydrogens (tertiary/aromatic N) is 2. The van der Waals surface area contributed by atoms with Crippen molar-refractivity contribution in [2.75, 3.05) is 0 Å². The Kier molecular flexibility index (Phi) is 3.19. The van der Waals surface area contributed by atoms with Gasteiger partial charge >= 0.3 is 0 Å². The van der Waals surface area contributed by atoms with Gasteiger partial charge in [0.15, 0.2) is 0 Å². The lowest BCUT2D eigenvalue weighted by molar-refractivity contribution is 0.668. The van der Waals surface area contributed by atoms with Gasteiger partial charge in [0.1, 0.15) is 0 Å². The second-order valence-corrected chi connectivity index (χ2v) is 4.74. The molecule has 2 aromatic rings. The predicted octanol–water partition coefficient (Wildman–Crippen LogP) is 2.16. The van der Waals surface area contributed by atoms with Crippen LogP contribution in [0.1, 0.15) is 16.1 Å². The maximum atomic E-state index is 11.8. The molecular weight excluding hydrogens is 220 g/mol. The van der Waals surface area contributed by atoms with Gasteiger partial charge < -0.3 is 4.57 Å². The van der Waals surface area contributed by atoms with Crippen LogP contribution in [0.25, 0.3) is 0 Å². The maximum Gasteiger partial charge on any atom is 0.253 e. The highest BCUT2D eigenvalue weighted by atomic mass is 32.1. The van der Waals surface area contributed by atoms with Crippen LogP contribution in [-0.2, 0) is 13.0 Å². The Labute approximate surface area is 98.4 Å². The number of pyridine rings is 1. The van der Waals surface area contributed by atoms with E-state index >= 15 is 0 Å². The van der Waals surface area contributed by atoms with Crippen molar-refractivity contribution in [3.05, 3.63) is 50.3 Å². The lowest BCUT2D eigenvalue weighted by Crippen LogP contribution is -2.22. The second kappa shape index (κ2) is 4.61. The van der Waals surface area contributed by atoms with Crippen LogP contribution in [0.15, 0.2) is 28.6 Å². The highest BCUT2D eigenvalue weighted by molar-refractivity contribution is 7.09. The quantitative estimate of drug-likeness (QED) is 0.815. The summed E-state index contributed by atoms with van der Waals surface area (Å²) in [6, 6.07) is 3.76. The van der Waals surface area contributed by atoms with Gasteiger partial charge in [-0.25, -0.2) is 4.98 Å². The molecule has 0 aromatic carbocycles. The van der Waals surface area contributed by atoms with E-state index in [-0.39, 0.29) is 5.56 Å². The molecule has 0 bridgehead atoms. The van der Waals surface area contributed by atoms with E-state index in [4.69, 9.17) is 0 Å². The van der Waals surface area contributed by atoms with Crippen LogP contribution in [-0.4, -0.2) is 9.55 Å². The summed E-state index contributed by atoms with van der Waals surface area (Å²) in [6.07, 6.45) is 2.71. The molecule has 0 radical (unpaired) electrons. The first-order valence-electron chi connectivity index (χ1n) is 5.23. The van der Waals surface area contributed by atoms with Crippen molar-refractivity contribution in [2.45, 2.75) is 26.8 Å². The Hall–Kier alpha value is -1.42. The standard InChI is InChI=1S/C12H14N2OS/c1-9-4-3-6-14(12(9)15)7-5-11-10(2)13-8-16-11/h3-4,6,8H,5,7H2,1-2H3. The average molecular weight is 234 g/mol. The molecule has 0 fully saturated rings. The summed E-state index contributed by atoms with van der Waals surface area (Å²) in [6.45, 7) is 4.57. The van der Waals surface area contributed by atoms with Crippen molar-refractivity contribution < 1.29 is 0 Å². The fraction of sp³-hybridized carbons (Fsp3) is 0.333. The van der Waals surface area contributed by atoms with Crippen molar-refractivity contribution in [3.63, 3.8) is 0 Å². The number of hydrogen-bond donors (Lipinski definition) is 0. The largest absolute Gasteiger partial charge is 0.315 e. The van der Waals surface area contributed by atoms with Crippen LogP contribution in [0.2, 0.25) is 0 Å². The van der Waals surface area contributed by atoms with Gasteiger partial charge in [-0.1, -0.05) is 6.07 Å². The van der Waals surface area contributed by atoms with Crippen LogP contribution < -0.4 is 5.56 Å². The lowest BCUT2D eigenvalue weighted by Gasteiger charge is -2.05. The molecule has 0 aliphatic carbocycles. The van der Waals surface area contributed by atoms with Gasteiger partial charge in [0.05, 0.1) is 11.2 Å². The number of hydrogen-bond acceptors (Lipinski definition) is 3. The summed E-state index contributed by atoms with van der Waals surface area (Å²) in [7, 11) is 0. The second-order valence-electron chi connectivity index (χ2n) is 3.80. The first kappa shape index (κ1) is 11.1. The topological polar surface area (TPSA) is 34.9 Å². The minimum absolute atomic E-state index is 0.102. The van der Waals surface area contributed by atoms with Gasteiger partial charge in [0.2, 0.25) is 0 Å². The maximum absolute atomic E-state index is 11.8. The van der Waals surface area contributed by atoms with Gasteiger partial charge in [-0.2, -0.15) is 0 Å². The highest BCUT2D eigenvalue weighted by Crippen LogP contribution is 2.13. The molecule has 0 amide bonds. The van der Waals surface area contributed by atoms with E-state index < -0.39 is 0 Å². The van der Waals surface area contributed by atoms with Crippen LogP contribution in [0.4, 0.5) is 0 Å². The number of rotatable bonds is 3. The molecular formula is C12H14N2OS. The molecule has 0 atom stereocenters. The Morgan fingerprint density at radius 1 is 1.44 bits per heavy atom. The van der Waals surface area contributed by atoms with E-state index in [2.05, 4.69) is 4.98 Å². The van der Waals surface area contributed by atoms with E-state index in [9.17, 15) is 4.79 Å². The molecule has 0 aliphatic heterocycles. The van der Waals surface area contributed by atoms with Crippen LogP contribution >= 0.6 is 11.3 Å². The molecule has 0 saturated carbocycles. The summed E-state index contributed by atoms with van der Waals surface area (Å²) in [4.78, 5) is 17.2. The summed E-state index contributed by atoms with van der Waals surface area (Å²) in [5.74, 6) is 0. The third-order valence-electron chi connectivity index (χ3n) is 2.64. The Bertz CT molecular complexity index is 542. The Morgan fingerprint density at radius 2 is 2.25 bits per heavy atom. The summed E-state index contributed by atoms with van der Waals surface area (Å²) in [5.41, 5.74) is 3.82. The Morgan fingerprint density at radius 3 is 2.94 bits per heavy atom. The van der Waals surface area contributed by atoms with E-state index in [1.165, 1.54) is 4.88 Å². The van der Waals surface area contributed by atoms with Gasteiger partial charge in [-0.15, -0.1) is 11.3 Å². The monoisotopic (exact) mass is 234 g/mol. The fourth-order valence-electron chi connectivity index (χ4n) is 1.62. The van der Waals surface area contributed by atoms with Crippen molar-refractivity contribution in [1.82, 2.24) is 9.55 Å². The van der Waals surface area contributed by atoms with Gasteiger partial charge in [0, 0.05) is 29.6 Å². The van der Waals surface area contributed by atoms with Crippen molar-refractivity contribution in [1.29, 1.82) is 0 Å². The molecule has 2 aromatic heterocycles. The van der Waals surface area contributed by atoms with E-state index in [0.29, 0.717) is 0 Å². The van der Waals surface area contributed by atoms with Gasteiger partial charge in [-0.3, -0.25) is 4.79 Å². The van der Waals surface area contributed by atoms with E-state index in [0.717, 1.165) is 24.2 Å². The van der Waals surface area contributed by atoms with Crippen LogP contribution in [0.5, 0.6) is 0 Å². The molecule has 2 heterocycles. The number of aromatic nitrogens is 2. The molecule has 0 unspecified atom stereocenters. The number of thiazole rings is 1. The van der Waals surface area contributed by atoms with Crippen molar-refractivity contribution in [2.24, 2.45) is 0 Å². The van der Waals surface area contributed by atoms with Gasteiger partial charge in [-0.05, 0) is 19.9 Å². The minimum atomic E-state index is 0.102. The normalized spacial score (nSPS) is 10.6. The minimum Gasteiger partial charge on any atom is -0.315 e. The fourth-order valence-corrected chi connectivity index (χ4v) is 2.39. The smallest absolute Gasteiger partial charge is 0.253 e. The molecule has 3 nitrogen and oxygen atoms in total. The molecule has 0 N–H and O–H groups in total. The molecule has 4 heteroatoms. The lowest BCUT2D eigenvalue weighted by atomic mass is 10.2. The van der Waals surface area contributed by atoms with E-state index in [1.807, 2.05) is 37.7 Å². The molecule has 16 heavy (non-hydrogen) atoms. The highest BCUT2D eigenvalue weighted by Gasteiger charge is 2.03. The van der Waals surface area contributed by atoms with Crippen molar-refractivity contribution in [3.8, 4) is 0 Å². The van der Waals surface area contributed by atoms with Crippen LogP contribution in [0, 0.1) is 13.8 Å². The van der Waals surface area contributed by atoms with Gasteiger partial charge in [0.25, 0.3) is 5.56 Å². The number of aryl methyl sites for hydroxylation is 4. The molecule has 2 rings (SSSR count). The molecule has 0 spiro atoms. The Balaban J connectivity index is 2.14. The first-order valence-corrected chi connectivity index (χ1v) is 6.11.